The van der Waals surface area contributed by atoms with Crippen LogP contribution in [0.4, 0.5) is 0 Å². The Morgan fingerprint density at radius 1 is 1.13 bits per heavy atom. The normalized spacial score (nSPS) is 16.9. The highest BCUT2D eigenvalue weighted by atomic mass is 16.5. The van der Waals surface area contributed by atoms with Gasteiger partial charge < -0.3 is 24.1 Å². The van der Waals surface area contributed by atoms with Crippen LogP contribution in [0.2, 0.25) is 0 Å². The average Bonchev–Trinajstić information content (AvgIpc) is 3.67. The summed E-state index contributed by atoms with van der Waals surface area (Å²) in [7, 11) is 5.86. The summed E-state index contributed by atoms with van der Waals surface area (Å²) in [6.45, 7) is 15.4. The topological polar surface area (TPSA) is 60.1 Å². The van der Waals surface area contributed by atoms with E-state index in [-0.39, 0.29) is 0 Å². The number of imidazole rings is 1. The lowest BCUT2D eigenvalue weighted by atomic mass is 10.0. The summed E-state index contributed by atoms with van der Waals surface area (Å²) in [5.41, 5.74) is 6.17. The second-order valence-corrected chi connectivity index (χ2v) is 10.1. The molecular formula is C32H46N6O. The molecule has 7 heteroatoms. The van der Waals surface area contributed by atoms with Crippen LogP contribution in [0.1, 0.15) is 58.9 Å². The molecule has 0 spiro atoms. The Balaban J connectivity index is 0.000000845. The number of fused-ring (bicyclic) bond motifs is 2. The maximum absolute atomic E-state index is 5.89. The van der Waals surface area contributed by atoms with Crippen LogP contribution in [0, 0.1) is 5.92 Å². The third-order valence-electron chi connectivity index (χ3n) is 7.72. The quantitative estimate of drug-likeness (QED) is 0.288. The number of benzene rings is 1. The predicted octanol–water partition coefficient (Wildman–Crippen LogP) is 6.72. The average molecular weight is 531 g/mol. The molecule has 4 aromatic rings. The van der Waals surface area contributed by atoms with Gasteiger partial charge in [0, 0.05) is 55.6 Å². The molecule has 6 rings (SSSR count). The van der Waals surface area contributed by atoms with E-state index in [9.17, 15) is 0 Å². The molecule has 1 atom stereocenters. The van der Waals surface area contributed by atoms with Gasteiger partial charge in [0.2, 0.25) is 0 Å². The predicted molar refractivity (Wildman–Crippen MR) is 164 cm³/mol. The number of rotatable bonds is 7. The number of hydrogen-bond donors (Lipinski definition) is 1. The van der Waals surface area contributed by atoms with Crippen LogP contribution >= 0.6 is 0 Å². The van der Waals surface area contributed by atoms with Crippen molar-refractivity contribution in [2.24, 2.45) is 13.0 Å². The number of pyridine rings is 1. The van der Waals surface area contributed by atoms with Crippen molar-refractivity contribution in [1.82, 2.24) is 29.3 Å². The third-order valence-corrected chi connectivity index (χ3v) is 7.72. The number of likely N-dealkylation sites (tertiary alicyclic amines) is 1. The molecule has 2 fully saturated rings. The van der Waals surface area contributed by atoms with Crippen molar-refractivity contribution in [3.8, 4) is 17.3 Å². The van der Waals surface area contributed by atoms with Crippen molar-refractivity contribution in [3.05, 3.63) is 48.7 Å². The van der Waals surface area contributed by atoms with Crippen LogP contribution < -0.4 is 10.1 Å². The smallest absolute Gasteiger partial charge is 0.157 e. The molecule has 1 saturated carbocycles. The van der Waals surface area contributed by atoms with Gasteiger partial charge in [0.1, 0.15) is 16.9 Å². The largest absolute Gasteiger partial charge is 0.494 e. The first-order valence-electron chi connectivity index (χ1n) is 14.7. The van der Waals surface area contributed by atoms with Gasteiger partial charge in [0.15, 0.2) is 5.82 Å². The number of piperidine rings is 1. The molecule has 1 N–H and O–H groups in total. The standard InChI is InChI=1S/C28H34N6O.2C2H6/c1-18(33-12-6-8-22(17-33)29-2)21-13-23-26(25(15-21)35-4)32(3)28(31-23)24-14-20-7-5-11-30-27(20)34(24)16-19-9-10-19;2*1-2/h5,7,11,13-15,19,22,29H,1,6,8-10,12,16-17H2,2-4H3;2*1-2H3. The van der Waals surface area contributed by atoms with Crippen molar-refractivity contribution < 1.29 is 4.74 Å². The summed E-state index contributed by atoms with van der Waals surface area (Å²) in [5.74, 6) is 2.49. The molecule has 3 aromatic heterocycles. The van der Waals surface area contributed by atoms with Crippen LogP contribution in [-0.4, -0.2) is 57.3 Å². The molecule has 1 aromatic carbocycles. The number of aromatic nitrogens is 4. The second-order valence-electron chi connectivity index (χ2n) is 10.1. The number of aryl methyl sites for hydroxylation is 1. The molecule has 0 amide bonds. The number of ether oxygens (including phenoxy) is 1. The van der Waals surface area contributed by atoms with E-state index in [4.69, 9.17) is 14.7 Å². The van der Waals surface area contributed by atoms with Gasteiger partial charge in [0.05, 0.1) is 18.3 Å². The highest BCUT2D eigenvalue weighted by Crippen LogP contribution is 2.38. The first kappa shape index (κ1) is 28.7. The van der Waals surface area contributed by atoms with Crippen molar-refractivity contribution in [2.75, 3.05) is 27.2 Å². The Morgan fingerprint density at radius 2 is 1.90 bits per heavy atom. The van der Waals surface area contributed by atoms with Crippen molar-refractivity contribution in [2.45, 2.75) is 66.0 Å². The first-order valence-corrected chi connectivity index (χ1v) is 14.7. The lowest BCUT2D eigenvalue weighted by Crippen LogP contribution is -2.43. The minimum atomic E-state index is 0.495. The Morgan fingerprint density at radius 3 is 2.59 bits per heavy atom. The number of methoxy groups -OCH3 is 1. The van der Waals surface area contributed by atoms with E-state index in [2.05, 4.69) is 57.2 Å². The fourth-order valence-corrected chi connectivity index (χ4v) is 5.52. The molecule has 0 bridgehead atoms. The van der Waals surface area contributed by atoms with E-state index in [1.54, 1.807) is 7.11 Å². The zero-order valence-electron chi connectivity index (χ0n) is 24.9. The fourth-order valence-electron chi connectivity index (χ4n) is 5.52. The SMILES string of the molecule is C=C(c1cc(OC)c2c(c1)nc(-c1cc3cccnc3n1CC1CC1)n2C)N1CCCC(NC)C1.CC.CC. The van der Waals surface area contributed by atoms with Crippen LogP contribution in [0.3, 0.4) is 0 Å². The number of nitrogens with one attached hydrogen (secondary N) is 1. The van der Waals surface area contributed by atoms with Crippen LogP contribution in [-0.2, 0) is 13.6 Å². The maximum Gasteiger partial charge on any atom is 0.157 e. The van der Waals surface area contributed by atoms with Crippen LogP contribution in [0.25, 0.3) is 39.3 Å². The number of likely N-dealkylation sites (N-methyl/N-ethyl adjacent to an activating group) is 1. The highest BCUT2D eigenvalue weighted by Gasteiger charge is 2.27. The van der Waals surface area contributed by atoms with Gasteiger partial charge in [-0.05, 0) is 69.0 Å². The Hall–Kier alpha value is -3.32. The molecular weight excluding hydrogens is 484 g/mol. The number of hydrogen-bond acceptors (Lipinski definition) is 5. The van der Waals surface area contributed by atoms with Gasteiger partial charge in [0.25, 0.3) is 0 Å². The monoisotopic (exact) mass is 530 g/mol. The summed E-state index contributed by atoms with van der Waals surface area (Å²) in [6.07, 6.45) is 6.83. The molecule has 4 heterocycles. The van der Waals surface area contributed by atoms with E-state index in [1.807, 2.05) is 47.0 Å². The molecule has 1 saturated heterocycles. The molecule has 1 aliphatic heterocycles. The van der Waals surface area contributed by atoms with E-state index in [1.165, 1.54) is 19.3 Å². The third kappa shape index (κ3) is 5.69. The first-order chi connectivity index (χ1) is 19.1. The van der Waals surface area contributed by atoms with Crippen molar-refractivity contribution in [3.63, 3.8) is 0 Å². The van der Waals surface area contributed by atoms with E-state index < -0.39 is 0 Å². The molecule has 210 valence electrons. The summed E-state index contributed by atoms with van der Waals surface area (Å²) >= 11 is 0. The van der Waals surface area contributed by atoms with E-state index >= 15 is 0 Å². The molecule has 0 radical (unpaired) electrons. The Labute approximate surface area is 233 Å². The van der Waals surface area contributed by atoms with Gasteiger partial charge >= 0.3 is 0 Å². The molecule has 39 heavy (non-hydrogen) atoms. The molecule has 1 aliphatic carbocycles. The molecule has 2 aliphatic rings. The lowest BCUT2D eigenvalue weighted by molar-refractivity contribution is 0.273. The summed E-state index contributed by atoms with van der Waals surface area (Å²) in [4.78, 5) is 12.2. The van der Waals surface area contributed by atoms with E-state index in [0.29, 0.717) is 6.04 Å². The minimum absolute atomic E-state index is 0.495. The van der Waals surface area contributed by atoms with Gasteiger partial charge in [-0.3, -0.25) is 0 Å². The number of nitrogens with zero attached hydrogens (tertiary/aromatic N) is 5. The van der Waals surface area contributed by atoms with Gasteiger partial charge in [-0.2, -0.15) is 0 Å². The Kier molecular flexibility index (Phi) is 9.33. The van der Waals surface area contributed by atoms with Gasteiger partial charge in [-0.25, -0.2) is 9.97 Å². The van der Waals surface area contributed by atoms with Gasteiger partial charge in [-0.1, -0.05) is 34.3 Å². The zero-order valence-corrected chi connectivity index (χ0v) is 24.9. The van der Waals surface area contributed by atoms with Crippen LogP contribution in [0.5, 0.6) is 5.75 Å². The second kappa shape index (κ2) is 12.7. The maximum atomic E-state index is 5.89. The van der Waals surface area contributed by atoms with E-state index in [0.717, 1.165) is 82.6 Å². The Bertz CT molecular complexity index is 1410. The van der Waals surface area contributed by atoms with Crippen molar-refractivity contribution >= 4 is 27.8 Å². The summed E-state index contributed by atoms with van der Waals surface area (Å²) < 4.78 is 10.4. The summed E-state index contributed by atoms with van der Waals surface area (Å²) in [5, 5.41) is 4.58. The highest BCUT2D eigenvalue weighted by molar-refractivity contribution is 5.91. The van der Waals surface area contributed by atoms with Crippen molar-refractivity contribution in [1.29, 1.82) is 0 Å². The lowest BCUT2D eigenvalue weighted by Gasteiger charge is -2.35. The van der Waals surface area contributed by atoms with Gasteiger partial charge in [-0.15, -0.1) is 0 Å². The molecule has 7 nitrogen and oxygen atoms in total. The minimum Gasteiger partial charge on any atom is -0.494 e. The molecule has 1 unspecified atom stereocenters. The summed E-state index contributed by atoms with van der Waals surface area (Å²) in [6, 6.07) is 11.1. The van der Waals surface area contributed by atoms with Crippen LogP contribution in [0.15, 0.2) is 43.1 Å². The zero-order chi connectivity index (χ0) is 28.1. The fraction of sp³-hybridized carbons (Fsp3) is 0.500.